The number of ether oxygens (including phenoxy) is 1. The van der Waals surface area contributed by atoms with Gasteiger partial charge in [0, 0.05) is 25.2 Å². The number of hydrogen-bond acceptors (Lipinski definition) is 6. The van der Waals surface area contributed by atoms with Crippen LogP contribution >= 0.6 is 0 Å². The number of anilines is 2. The molecule has 0 spiro atoms. The van der Waals surface area contributed by atoms with Crippen LogP contribution in [0.4, 0.5) is 16.3 Å². The smallest absolute Gasteiger partial charge is 0.322 e. The SMILES string of the molecule is COc1nc(NCc2ccccc2F)nc(N2CCCCCC2)n1. The first-order chi connectivity index (χ1) is 11.8. The molecule has 0 saturated carbocycles. The molecule has 1 N–H and O–H groups in total. The van der Waals surface area contributed by atoms with Gasteiger partial charge in [-0.05, 0) is 18.9 Å². The standard InChI is InChI=1S/C17H22FN5O/c1-24-17-21-15(19-12-13-8-4-5-9-14(13)18)20-16(22-17)23-10-6-2-3-7-11-23/h4-5,8-9H,2-3,6-7,10-12H2,1H3,(H,19,20,21,22). The lowest BCUT2D eigenvalue weighted by molar-refractivity contribution is 0.378. The second-order valence-corrected chi connectivity index (χ2v) is 5.79. The van der Waals surface area contributed by atoms with Crippen molar-refractivity contribution >= 4 is 11.9 Å². The van der Waals surface area contributed by atoms with Crippen molar-refractivity contribution in [3.63, 3.8) is 0 Å². The monoisotopic (exact) mass is 331 g/mol. The Morgan fingerprint density at radius 1 is 1.08 bits per heavy atom. The third-order valence-electron chi connectivity index (χ3n) is 4.07. The second kappa shape index (κ2) is 7.90. The Morgan fingerprint density at radius 3 is 2.54 bits per heavy atom. The highest BCUT2D eigenvalue weighted by atomic mass is 19.1. The van der Waals surface area contributed by atoms with Gasteiger partial charge in [0.2, 0.25) is 11.9 Å². The molecule has 3 rings (SSSR count). The van der Waals surface area contributed by atoms with Crippen LogP contribution in [0.3, 0.4) is 0 Å². The van der Waals surface area contributed by atoms with E-state index in [-0.39, 0.29) is 11.8 Å². The van der Waals surface area contributed by atoms with Crippen molar-refractivity contribution in [2.75, 3.05) is 30.4 Å². The predicted molar refractivity (Wildman–Crippen MR) is 90.8 cm³/mol. The maximum Gasteiger partial charge on any atom is 0.322 e. The summed E-state index contributed by atoms with van der Waals surface area (Å²) < 4.78 is 18.9. The zero-order chi connectivity index (χ0) is 16.8. The van der Waals surface area contributed by atoms with Crippen molar-refractivity contribution in [1.29, 1.82) is 0 Å². The average Bonchev–Trinajstić information content (AvgIpc) is 2.90. The maximum atomic E-state index is 13.7. The van der Waals surface area contributed by atoms with Gasteiger partial charge in [0.15, 0.2) is 0 Å². The molecule has 0 atom stereocenters. The molecule has 2 aromatic rings. The molecule has 128 valence electrons. The summed E-state index contributed by atoms with van der Waals surface area (Å²) in [4.78, 5) is 15.2. The van der Waals surface area contributed by atoms with E-state index in [0.29, 0.717) is 24.0 Å². The minimum absolute atomic E-state index is 0.251. The summed E-state index contributed by atoms with van der Waals surface area (Å²) >= 11 is 0. The molecule has 0 amide bonds. The molecule has 24 heavy (non-hydrogen) atoms. The number of nitrogens with zero attached hydrogens (tertiary/aromatic N) is 4. The lowest BCUT2D eigenvalue weighted by Gasteiger charge is -2.20. The molecule has 6 nitrogen and oxygen atoms in total. The molecule has 1 fully saturated rings. The van der Waals surface area contributed by atoms with Gasteiger partial charge >= 0.3 is 6.01 Å². The van der Waals surface area contributed by atoms with Crippen LogP contribution in [0.2, 0.25) is 0 Å². The van der Waals surface area contributed by atoms with E-state index < -0.39 is 0 Å². The summed E-state index contributed by atoms with van der Waals surface area (Å²) in [6, 6.07) is 6.91. The largest absolute Gasteiger partial charge is 0.467 e. The van der Waals surface area contributed by atoms with E-state index in [9.17, 15) is 4.39 Å². The Kier molecular flexibility index (Phi) is 5.40. The van der Waals surface area contributed by atoms with Crippen LogP contribution in [0.15, 0.2) is 24.3 Å². The summed E-state index contributed by atoms with van der Waals surface area (Å²) in [7, 11) is 1.53. The molecule has 0 aliphatic carbocycles. The topological polar surface area (TPSA) is 63.2 Å². The molecule has 1 aromatic carbocycles. The quantitative estimate of drug-likeness (QED) is 0.909. The first-order valence-corrected chi connectivity index (χ1v) is 8.28. The normalized spacial score (nSPS) is 15.0. The molecule has 1 aromatic heterocycles. The van der Waals surface area contributed by atoms with Crippen molar-refractivity contribution in [2.45, 2.75) is 32.2 Å². The minimum atomic E-state index is -0.251. The van der Waals surface area contributed by atoms with Crippen molar-refractivity contribution in [2.24, 2.45) is 0 Å². The van der Waals surface area contributed by atoms with E-state index in [4.69, 9.17) is 4.74 Å². The summed E-state index contributed by atoms with van der Waals surface area (Å²) in [5, 5.41) is 3.06. The van der Waals surface area contributed by atoms with E-state index in [1.165, 1.54) is 26.0 Å². The highest BCUT2D eigenvalue weighted by Crippen LogP contribution is 2.19. The number of aromatic nitrogens is 3. The molecule has 7 heteroatoms. The van der Waals surface area contributed by atoms with E-state index >= 15 is 0 Å². The molecule has 0 bridgehead atoms. The van der Waals surface area contributed by atoms with Gasteiger partial charge < -0.3 is 15.0 Å². The van der Waals surface area contributed by atoms with Crippen LogP contribution in [-0.2, 0) is 6.54 Å². The first kappa shape index (κ1) is 16.4. The van der Waals surface area contributed by atoms with Gasteiger partial charge in [-0.15, -0.1) is 0 Å². The van der Waals surface area contributed by atoms with Crippen molar-refractivity contribution < 1.29 is 9.13 Å². The number of rotatable bonds is 5. The van der Waals surface area contributed by atoms with Crippen LogP contribution < -0.4 is 15.0 Å². The number of hydrogen-bond donors (Lipinski definition) is 1. The lowest BCUT2D eigenvalue weighted by Crippen LogP contribution is -2.26. The van der Waals surface area contributed by atoms with Gasteiger partial charge in [-0.25, -0.2) is 4.39 Å². The number of halogens is 1. The fourth-order valence-corrected chi connectivity index (χ4v) is 2.74. The summed E-state index contributed by atoms with van der Waals surface area (Å²) in [6.45, 7) is 2.17. The Labute approximate surface area is 141 Å². The fourth-order valence-electron chi connectivity index (χ4n) is 2.74. The summed E-state index contributed by atoms with van der Waals surface area (Å²) in [5.41, 5.74) is 0.563. The Hall–Kier alpha value is -2.44. The predicted octanol–water partition coefficient (Wildman–Crippen LogP) is 3.01. The molecular weight excluding hydrogens is 309 g/mol. The zero-order valence-corrected chi connectivity index (χ0v) is 13.8. The maximum absolute atomic E-state index is 13.7. The molecule has 1 aliphatic heterocycles. The number of methoxy groups -OCH3 is 1. The van der Waals surface area contributed by atoms with Gasteiger partial charge in [0.1, 0.15) is 5.82 Å². The van der Waals surface area contributed by atoms with E-state index in [1.54, 1.807) is 18.2 Å². The van der Waals surface area contributed by atoms with E-state index in [0.717, 1.165) is 25.9 Å². The summed E-state index contributed by atoms with van der Waals surface area (Å²) in [6.07, 6.45) is 4.73. The van der Waals surface area contributed by atoms with Gasteiger partial charge in [-0.1, -0.05) is 31.0 Å². The van der Waals surface area contributed by atoms with E-state index in [2.05, 4.69) is 25.2 Å². The molecule has 2 heterocycles. The Morgan fingerprint density at radius 2 is 1.83 bits per heavy atom. The number of nitrogens with one attached hydrogen (secondary N) is 1. The van der Waals surface area contributed by atoms with Crippen molar-refractivity contribution in [3.8, 4) is 6.01 Å². The van der Waals surface area contributed by atoms with Crippen LogP contribution in [0.25, 0.3) is 0 Å². The fraction of sp³-hybridized carbons (Fsp3) is 0.471. The number of benzene rings is 1. The van der Waals surface area contributed by atoms with Gasteiger partial charge in [-0.3, -0.25) is 0 Å². The second-order valence-electron chi connectivity index (χ2n) is 5.79. The lowest BCUT2D eigenvalue weighted by atomic mass is 10.2. The molecule has 1 saturated heterocycles. The van der Waals surface area contributed by atoms with Crippen molar-refractivity contribution in [3.05, 3.63) is 35.6 Å². The Bertz CT molecular complexity index is 674. The summed E-state index contributed by atoms with van der Waals surface area (Å²) in [5.74, 6) is 0.753. The molecule has 0 unspecified atom stereocenters. The highest BCUT2D eigenvalue weighted by molar-refractivity contribution is 5.39. The molecule has 1 aliphatic rings. The Balaban J connectivity index is 1.77. The van der Waals surface area contributed by atoms with Gasteiger partial charge in [0.25, 0.3) is 0 Å². The minimum Gasteiger partial charge on any atom is -0.467 e. The van der Waals surface area contributed by atoms with E-state index in [1.807, 2.05) is 0 Å². The average molecular weight is 331 g/mol. The third kappa shape index (κ3) is 4.10. The highest BCUT2D eigenvalue weighted by Gasteiger charge is 2.16. The molecular formula is C17H22FN5O. The zero-order valence-electron chi connectivity index (χ0n) is 13.8. The first-order valence-electron chi connectivity index (χ1n) is 8.28. The van der Waals surface area contributed by atoms with Crippen molar-refractivity contribution in [1.82, 2.24) is 15.0 Å². The van der Waals surface area contributed by atoms with Gasteiger partial charge in [-0.2, -0.15) is 15.0 Å². The van der Waals surface area contributed by atoms with Crippen LogP contribution in [0.1, 0.15) is 31.2 Å². The third-order valence-corrected chi connectivity index (χ3v) is 4.07. The van der Waals surface area contributed by atoms with Crippen LogP contribution in [0.5, 0.6) is 6.01 Å². The van der Waals surface area contributed by atoms with Crippen LogP contribution in [0, 0.1) is 5.82 Å². The molecule has 0 radical (unpaired) electrons. The van der Waals surface area contributed by atoms with Crippen LogP contribution in [-0.4, -0.2) is 35.2 Å². The van der Waals surface area contributed by atoms with Gasteiger partial charge in [0.05, 0.1) is 7.11 Å².